The monoisotopic (exact) mass is 312 g/mol. The van der Waals surface area contributed by atoms with Gasteiger partial charge < -0.3 is 0 Å². The largest absolute Gasteiger partial charge is 0.294 e. The molecule has 0 amide bonds. The van der Waals surface area contributed by atoms with Crippen LogP contribution in [0.25, 0.3) is 0 Å². The molecule has 1 N–H and O–H groups in total. The predicted molar refractivity (Wildman–Crippen MR) is 73.9 cm³/mol. The molecule has 2 aromatic rings. The van der Waals surface area contributed by atoms with Crippen LogP contribution in [0.15, 0.2) is 64.4 Å². The van der Waals surface area contributed by atoms with E-state index in [1.165, 1.54) is 24.3 Å². The number of benzene rings is 2. The molecule has 106 valence electrons. The summed E-state index contributed by atoms with van der Waals surface area (Å²) in [5.74, 6) is 0. The van der Waals surface area contributed by atoms with Crippen molar-refractivity contribution in [1.29, 1.82) is 0 Å². The second-order valence-electron chi connectivity index (χ2n) is 3.93. The Balaban J connectivity index is 2.03. The fourth-order valence-electron chi connectivity index (χ4n) is 1.49. The average molecular weight is 312 g/mol. The van der Waals surface area contributed by atoms with Gasteiger partial charge in [-0.15, -0.1) is 0 Å². The minimum Gasteiger partial charge on any atom is -0.282 e. The van der Waals surface area contributed by atoms with E-state index in [-0.39, 0.29) is 11.5 Å². The lowest BCUT2D eigenvalue weighted by Crippen LogP contribution is -2.01. The van der Waals surface area contributed by atoms with Crippen LogP contribution >= 0.6 is 0 Å². The quantitative estimate of drug-likeness (QED) is 0.856. The molecule has 0 bridgehead atoms. The fraction of sp³-hybridized carbons (Fsp3) is 0.0769. The van der Waals surface area contributed by atoms with E-state index in [9.17, 15) is 12.6 Å². The Bertz CT molecular complexity index is 693. The van der Waals surface area contributed by atoms with E-state index in [1.54, 1.807) is 0 Å². The lowest BCUT2D eigenvalue weighted by molar-refractivity contribution is 0.337. The van der Waals surface area contributed by atoms with Gasteiger partial charge >= 0.3 is 0 Å². The van der Waals surface area contributed by atoms with E-state index >= 15 is 0 Å². The van der Waals surface area contributed by atoms with Crippen molar-refractivity contribution in [1.82, 2.24) is 0 Å². The highest BCUT2D eigenvalue weighted by Gasteiger charge is 2.11. The van der Waals surface area contributed by atoms with Crippen LogP contribution in [0.4, 0.5) is 0 Å². The molecule has 20 heavy (non-hydrogen) atoms. The van der Waals surface area contributed by atoms with Crippen LogP contribution in [-0.2, 0) is 32.0 Å². The van der Waals surface area contributed by atoms with Gasteiger partial charge in [0.2, 0.25) is 0 Å². The van der Waals surface area contributed by atoms with Gasteiger partial charge in [0.25, 0.3) is 10.1 Å². The molecule has 0 saturated heterocycles. The van der Waals surface area contributed by atoms with Crippen LogP contribution in [0.3, 0.4) is 0 Å². The summed E-state index contributed by atoms with van der Waals surface area (Å²) >= 11 is -1.70. The molecule has 7 heteroatoms. The molecule has 0 fully saturated rings. The zero-order valence-corrected chi connectivity index (χ0v) is 11.9. The Kier molecular flexibility index (Phi) is 4.66. The van der Waals surface area contributed by atoms with Gasteiger partial charge in [-0.25, -0.2) is 4.21 Å². The van der Waals surface area contributed by atoms with E-state index in [0.29, 0.717) is 4.90 Å². The van der Waals surface area contributed by atoms with Crippen LogP contribution in [-0.4, -0.2) is 17.2 Å². The third-order valence-electron chi connectivity index (χ3n) is 2.49. The standard InChI is InChI=1S/C13H12O5S2/c14-19(18-10-11-4-2-1-3-5-11)12-6-8-13(9-7-12)20(15,16)17/h1-9H,10H2,(H,15,16,17). The summed E-state index contributed by atoms with van der Waals surface area (Å²) in [6.45, 7) is 0.188. The van der Waals surface area contributed by atoms with Gasteiger partial charge in [-0.2, -0.15) is 8.42 Å². The molecule has 1 atom stereocenters. The average Bonchev–Trinajstić information content (AvgIpc) is 2.45. The first-order chi connectivity index (χ1) is 9.47. The van der Waals surface area contributed by atoms with Crippen molar-refractivity contribution in [3.63, 3.8) is 0 Å². The van der Waals surface area contributed by atoms with E-state index in [1.807, 2.05) is 30.3 Å². The Morgan fingerprint density at radius 2 is 1.60 bits per heavy atom. The van der Waals surface area contributed by atoms with E-state index in [0.717, 1.165) is 5.56 Å². The van der Waals surface area contributed by atoms with E-state index < -0.39 is 21.2 Å². The molecule has 2 rings (SSSR count). The molecule has 0 aliphatic heterocycles. The van der Waals surface area contributed by atoms with Gasteiger partial charge in [0, 0.05) is 0 Å². The van der Waals surface area contributed by atoms with Gasteiger partial charge in [0.1, 0.15) is 0 Å². The maximum atomic E-state index is 11.9. The Morgan fingerprint density at radius 3 is 2.15 bits per heavy atom. The smallest absolute Gasteiger partial charge is 0.282 e. The molecule has 0 aliphatic rings. The third kappa shape index (κ3) is 3.97. The topological polar surface area (TPSA) is 80.7 Å². The fourth-order valence-corrected chi connectivity index (χ4v) is 2.70. The number of hydrogen-bond acceptors (Lipinski definition) is 4. The van der Waals surface area contributed by atoms with Crippen molar-refractivity contribution in [2.24, 2.45) is 0 Å². The van der Waals surface area contributed by atoms with Crippen molar-refractivity contribution in [2.75, 3.05) is 0 Å². The molecule has 0 aliphatic carbocycles. The minimum atomic E-state index is -4.24. The molecule has 2 aromatic carbocycles. The molecule has 0 radical (unpaired) electrons. The first-order valence-corrected chi connectivity index (χ1v) is 8.15. The normalized spacial score (nSPS) is 13.1. The minimum absolute atomic E-state index is 0.188. The van der Waals surface area contributed by atoms with Crippen molar-refractivity contribution in [3.8, 4) is 0 Å². The lowest BCUT2D eigenvalue weighted by Gasteiger charge is -2.04. The van der Waals surface area contributed by atoms with Gasteiger partial charge in [0.05, 0.1) is 16.4 Å². The summed E-state index contributed by atoms with van der Waals surface area (Å²) in [4.78, 5) is 0.0784. The van der Waals surface area contributed by atoms with Gasteiger partial charge in [0.15, 0.2) is 11.1 Å². The van der Waals surface area contributed by atoms with Crippen LogP contribution in [0.2, 0.25) is 0 Å². The first kappa shape index (κ1) is 14.9. The van der Waals surface area contributed by atoms with Crippen LogP contribution in [0.1, 0.15) is 5.56 Å². The summed E-state index contributed by atoms with van der Waals surface area (Å²) in [5.41, 5.74) is 0.885. The molecule has 0 aromatic heterocycles. The maximum Gasteiger partial charge on any atom is 0.294 e. The molecular weight excluding hydrogens is 300 g/mol. The second-order valence-corrected chi connectivity index (χ2v) is 6.53. The highest BCUT2D eigenvalue weighted by atomic mass is 32.2. The van der Waals surface area contributed by atoms with Crippen molar-refractivity contribution >= 4 is 21.2 Å². The van der Waals surface area contributed by atoms with Crippen LogP contribution < -0.4 is 0 Å². The maximum absolute atomic E-state index is 11.9. The van der Waals surface area contributed by atoms with Gasteiger partial charge in [-0.3, -0.25) is 8.74 Å². The van der Waals surface area contributed by atoms with Gasteiger partial charge in [-0.1, -0.05) is 30.3 Å². The summed E-state index contributed by atoms with van der Waals surface area (Å²) in [7, 11) is -4.24. The SMILES string of the molecule is O=S(OCc1ccccc1)c1ccc(S(=O)(=O)O)cc1. The zero-order valence-electron chi connectivity index (χ0n) is 10.3. The zero-order chi connectivity index (χ0) is 14.6. The molecule has 0 spiro atoms. The van der Waals surface area contributed by atoms with Gasteiger partial charge in [-0.05, 0) is 29.8 Å². The summed E-state index contributed by atoms with van der Waals surface area (Å²) in [6.07, 6.45) is 0. The van der Waals surface area contributed by atoms with E-state index in [2.05, 4.69) is 0 Å². The van der Waals surface area contributed by atoms with Crippen molar-refractivity contribution in [3.05, 3.63) is 60.2 Å². The summed E-state index contributed by atoms with van der Waals surface area (Å²) < 4.78 is 47.6. The summed E-state index contributed by atoms with van der Waals surface area (Å²) in [5, 5.41) is 0. The Morgan fingerprint density at radius 1 is 1.00 bits per heavy atom. The molecule has 0 saturated carbocycles. The summed E-state index contributed by atoms with van der Waals surface area (Å²) in [6, 6.07) is 14.3. The van der Waals surface area contributed by atoms with E-state index in [4.69, 9.17) is 8.74 Å². The van der Waals surface area contributed by atoms with Crippen LogP contribution in [0.5, 0.6) is 0 Å². The molecule has 1 unspecified atom stereocenters. The Hall–Kier alpha value is -1.54. The predicted octanol–water partition coefficient (Wildman–Crippen LogP) is 2.17. The van der Waals surface area contributed by atoms with Crippen molar-refractivity contribution in [2.45, 2.75) is 16.4 Å². The number of rotatable bonds is 5. The first-order valence-electron chi connectivity index (χ1n) is 5.63. The number of hydrogen-bond donors (Lipinski definition) is 1. The molecule has 5 nitrogen and oxygen atoms in total. The van der Waals surface area contributed by atoms with Crippen molar-refractivity contribution < 1.29 is 21.4 Å². The Labute approximate surface area is 119 Å². The second kappa shape index (κ2) is 6.27. The molecule has 0 heterocycles. The lowest BCUT2D eigenvalue weighted by atomic mass is 10.2. The highest BCUT2D eigenvalue weighted by Crippen LogP contribution is 2.14. The molecular formula is C13H12O5S2. The third-order valence-corrected chi connectivity index (χ3v) is 4.35. The highest BCUT2D eigenvalue weighted by molar-refractivity contribution is 7.85. The van der Waals surface area contributed by atoms with Crippen LogP contribution in [0, 0.1) is 0 Å².